The van der Waals surface area contributed by atoms with Crippen molar-refractivity contribution in [1.29, 1.82) is 0 Å². The molecule has 0 atom stereocenters. The number of furan rings is 1. The summed E-state index contributed by atoms with van der Waals surface area (Å²) in [4.78, 5) is 22.1. The highest BCUT2D eigenvalue weighted by atomic mass is 16.5. The van der Waals surface area contributed by atoms with Crippen LogP contribution in [-0.2, 0) is 20.7 Å². The van der Waals surface area contributed by atoms with Gasteiger partial charge in [-0.3, -0.25) is 9.59 Å². The van der Waals surface area contributed by atoms with Gasteiger partial charge in [-0.2, -0.15) is 0 Å². The summed E-state index contributed by atoms with van der Waals surface area (Å²) in [6, 6.07) is 3.89. The second-order valence-corrected chi connectivity index (χ2v) is 4.45. The van der Waals surface area contributed by atoms with Gasteiger partial charge in [0, 0.05) is 10.9 Å². The number of carbonyl (C=O) groups excluding carboxylic acids is 2. The molecule has 0 unspecified atom stereocenters. The third kappa shape index (κ3) is 2.76. The molecule has 2 rings (SSSR count). The summed E-state index contributed by atoms with van der Waals surface area (Å²) in [7, 11) is 0. The first-order valence-electron chi connectivity index (χ1n) is 5.89. The highest BCUT2D eigenvalue weighted by molar-refractivity contribution is 5.88. The molecular weight excluding hydrogens is 246 g/mol. The Morgan fingerprint density at radius 2 is 2.05 bits per heavy atom. The lowest BCUT2D eigenvalue weighted by Crippen LogP contribution is -2.21. The Balaban J connectivity index is 2.20. The van der Waals surface area contributed by atoms with Gasteiger partial charge in [0.25, 0.3) is 5.91 Å². The van der Waals surface area contributed by atoms with E-state index < -0.39 is 18.5 Å². The number of amides is 1. The molecule has 0 aliphatic carbocycles. The lowest BCUT2D eigenvalue weighted by atomic mass is 10.0. The number of primary amides is 1. The van der Waals surface area contributed by atoms with Gasteiger partial charge < -0.3 is 14.9 Å². The van der Waals surface area contributed by atoms with Crippen LogP contribution in [0.3, 0.4) is 0 Å². The molecule has 5 nitrogen and oxygen atoms in total. The molecule has 0 aliphatic rings. The van der Waals surface area contributed by atoms with Gasteiger partial charge in [0.2, 0.25) is 0 Å². The first-order chi connectivity index (χ1) is 8.99. The molecule has 0 saturated heterocycles. The van der Waals surface area contributed by atoms with Gasteiger partial charge in [-0.15, -0.1) is 0 Å². The van der Waals surface area contributed by atoms with Crippen LogP contribution in [0, 0.1) is 13.8 Å². The lowest BCUT2D eigenvalue weighted by molar-refractivity contribution is -0.147. The highest BCUT2D eigenvalue weighted by Gasteiger charge is 2.14. The third-order valence-electron chi connectivity index (χ3n) is 3.05. The first kappa shape index (κ1) is 13.1. The van der Waals surface area contributed by atoms with Crippen LogP contribution < -0.4 is 5.73 Å². The number of esters is 1. The topological polar surface area (TPSA) is 82.5 Å². The van der Waals surface area contributed by atoms with E-state index >= 15 is 0 Å². The Hall–Kier alpha value is -2.30. The number of nitrogens with two attached hydrogens (primary N) is 1. The summed E-state index contributed by atoms with van der Waals surface area (Å²) in [6.45, 7) is 3.57. The van der Waals surface area contributed by atoms with Crippen molar-refractivity contribution in [2.75, 3.05) is 6.61 Å². The number of ether oxygens (including phenoxy) is 1. The quantitative estimate of drug-likeness (QED) is 0.848. The number of aryl methyl sites for hydroxylation is 2. The molecule has 0 aliphatic heterocycles. The lowest BCUT2D eigenvalue weighted by Gasteiger charge is -2.02. The predicted molar refractivity (Wildman–Crippen MR) is 69.5 cm³/mol. The molecule has 1 amide bonds. The molecule has 100 valence electrons. The van der Waals surface area contributed by atoms with Crippen LogP contribution in [0.15, 0.2) is 22.8 Å². The average molecular weight is 261 g/mol. The maximum Gasteiger partial charge on any atom is 0.310 e. The number of hydrogen-bond donors (Lipinski definition) is 1. The van der Waals surface area contributed by atoms with Crippen molar-refractivity contribution in [2.24, 2.45) is 5.73 Å². The minimum atomic E-state index is -0.670. The Kier molecular flexibility index (Phi) is 3.55. The zero-order chi connectivity index (χ0) is 14.0. The molecule has 0 fully saturated rings. The molecule has 0 radical (unpaired) electrons. The van der Waals surface area contributed by atoms with Crippen molar-refractivity contribution >= 4 is 22.8 Å². The van der Waals surface area contributed by atoms with E-state index in [0.29, 0.717) is 0 Å². The van der Waals surface area contributed by atoms with Gasteiger partial charge in [-0.05, 0) is 25.0 Å². The first-order valence-corrected chi connectivity index (χ1v) is 5.89. The second-order valence-electron chi connectivity index (χ2n) is 4.45. The summed E-state index contributed by atoms with van der Waals surface area (Å²) in [6.07, 6.45) is 1.60. The SMILES string of the molecule is Cc1ccc2c(CC(=O)OCC(N)=O)coc2c1C. The Labute approximate surface area is 110 Å². The monoisotopic (exact) mass is 261 g/mol. The van der Waals surface area contributed by atoms with Crippen LogP contribution in [-0.4, -0.2) is 18.5 Å². The summed E-state index contributed by atoms with van der Waals surface area (Å²) < 4.78 is 10.2. The van der Waals surface area contributed by atoms with Crippen LogP contribution in [0.1, 0.15) is 16.7 Å². The van der Waals surface area contributed by atoms with Crippen molar-refractivity contribution in [3.05, 3.63) is 35.1 Å². The summed E-state index contributed by atoms with van der Waals surface area (Å²) in [5, 5.41) is 0.888. The van der Waals surface area contributed by atoms with E-state index in [4.69, 9.17) is 14.9 Å². The Morgan fingerprint density at radius 1 is 1.32 bits per heavy atom. The fourth-order valence-electron chi connectivity index (χ4n) is 1.88. The fraction of sp³-hybridized carbons (Fsp3) is 0.286. The van der Waals surface area contributed by atoms with Crippen molar-refractivity contribution < 1.29 is 18.7 Å². The van der Waals surface area contributed by atoms with E-state index in [1.807, 2.05) is 26.0 Å². The van der Waals surface area contributed by atoms with Crippen LogP contribution in [0.2, 0.25) is 0 Å². The van der Waals surface area contributed by atoms with Gasteiger partial charge in [0.05, 0.1) is 12.7 Å². The second kappa shape index (κ2) is 5.14. The van der Waals surface area contributed by atoms with E-state index in [1.54, 1.807) is 6.26 Å². The normalized spacial score (nSPS) is 10.6. The van der Waals surface area contributed by atoms with Gasteiger partial charge in [-0.25, -0.2) is 0 Å². The maximum atomic E-state index is 11.5. The fourth-order valence-corrected chi connectivity index (χ4v) is 1.88. The Bertz CT molecular complexity index is 642. The van der Waals surface area contributed by atoms with Crippen LogP contribution in [0.4, 0.5) is 0 Å². The standard InChI is InChI=1S/C14H15NO4/c1-8-3-4-11-10(6-19-14(11)9(8)2)5-13(17)18-7-12(15)16/h3-4,6H,5,7H2,1-2H3,(H2,15,16). The zero-order valence-electron chi connectivity index (χ0n) is 10.9. The molecule has 1 heterocycles. The van der Waals surface area contributed by atoms with Crippen molar-refractivity contribution in [3.8, 4) is 0 Å². The van der Waals surface area contributed by atoms with E-state index in [0.717, 1.165) is 27.7 Å². The van der Waals surface area contributed by atoms with Crippen molar-refractivity contribution in [1.82, 2.24) is 0 Å². The largest absolute Gasteiger partial charge is 0.464 e. The molecule has 2 N–H and O–H groups in total. The number of fused-ring (bicyclic) bond motifs is 1. The van der Waals surface area contributed by atoms with Crippen molar-refractivity contribution in [2.45, 2.75) is 20.3 Å². The molecule has 5 heteroatoms. The van der Waals surface area contributed by atoms with E-state index in [2.05, 4.69) is 0 Å². The average Bonchev–Trinajstić information content (AvgIpc) is 2.75. The summed E-state index contributed by atoms with van der Waals surface area (Å²) >= 11 is 0. The Morgan fingerprint density at radius 3 is 2.74 bits per heavy atom. The molecule has 1 aromatic heterocycles. The molecule has 0 bridgehead atoms. The zero-order valence-corrected chi connectivity index (χ0v) is 10.9. The molecular formula is C14H15NO4. The molecule has 19 heavy (non-hydrogen) atoms. The predicted octanol–water partition coefficient (Wildman–Crippen LogP) is 1.62. The number of carbonyl (C=O) groups is 2. The van der Waals surface area contributed by atoms with Gasteiger partial charge in [0.15, 0.2) is 6.61 Å². The van der Waals surface area contributed by atoms with E-state index in [9.17, 15) is 9.59 Å². The van der Waals surface area contributed by atoms with Gasteiger partial charge >= 0.3 is 5.97 Å². The molecule has 1 aromatic carbocycles. The summed E-state index contributed by atoms with van der Waals surface area (Å²) in [5.74, 6) is -1.17. The van der Waals surface area contributed by atoms with Crippen LogP contribution >= 0.6 is 0 Å². The minimum Gasteiger partial charge on any atom is -0.464 e. The minimum absolute atomic E-state index is 0.0583. The van der Waals surface area contributed by atoms with E-state index in [-0.39, 0.29) is 6.42 Å². The number of benzene rings is 1. The summed E-state index contributed by atoms with van der Waals surface area (Å²) in [5.41, 5.74) is 8.60. The van der Waals surface area contributed by atoms with E-state index in [1.165, 1.54) is 0 Å². The molecule has 2 aromatic rings. The van der Waals surface area contributed by atoms with Gasteiger partial charge in [0.1, 0.15) is 5.58 Å². The highest BCUT2D eigenvalue weighted by Crippen LogP contribution is 2.26. The van der Waals surface area contributed by atoms with Crippen LogP contribution in [0.5, 0.6) is 0 Å². The van der Waals surface area contributed by atoms with Gasteiger partial charge in [-0.1, -0.05) is 12.1 Å². The van der Waals surface area contributed by atoms with Crippen molar-refractivity contribution in [3.63, 3.8) is 0 Å². The van der Waals surface area contributed by atoms with Crippen LogP contribution in [0.25, 0.3) is 11.0 Å². The molecule has 0 saturated carbocycles. The molecule has 0 spiro atoms. The smallest absolute Gasteiger partial charge is 0.310 e. The number of rotatable bonds is 4. The number of hydrogen-bond acceptors (Lipinski definition) is 4. The third-order valence-corrected chi connectivity index (χ3v) is 3.05. The maximum absolute atomic E-state index is 11.5.